The number of nitrogens with zero attached hydrogens (tertiary/aromatic N) is 1. The summed E-state index contributed by atoms with van der Waals surface area (Å²) in [6.45, 7) is 3.92. The molecular weight excluding hydrogens is 440 g/mol. The van der Waals surface area contributed by atoms with Gasteiger partial charge in [0.05, 0.1) is 12.1 Å². The molecule has 4 rings (SSSR count). The predicted molar refractivity (Wildman–Crippen MR) is 126 cm³/mol. The van der Waals surface area contributed by atoms with E-state index in [1.54, 1.807) is 24.3 Å². The van der Waals surface area contributed by atoms with Crippen molar-refractivity contribution in [2.24, 2.45) is 0 Å². The zero-order valence-corrected chi connectivity index (χ0v) is 18.8. The number of hydrogen-bond acceptors (Lipinski definition) is 5. The van der Waals surface area contributed by atoms with Gasteiger partial charge < -0.3 is 10.1 Å². The Bertz CT molecular complexity index is 1270. The standard InChI is InChI=1S/C26H21ClN2O4/c1-16-8-9-17(2)21(14-16)33-26(32)19-10-12-20(13-11-19)28-23-22(27)24(30)29(25(23)31)15-18-6-4-3-5-7-18/h3-14,28H,15H2,1-2H3. The fraction of sp³-hybridized carbons (Fsp3) is 0.115. The highest BCUT2D eigenvalue weighted by Crippen LogP contribution is 2.27. The van der Waals surface area contributed by atoms with Crippen molar-refractivity contribution >= 4 is 35.1 Å². The maximum absolute atomic E-state index is 12.8. The molecule has 3 aromatic carbocycles. The summed E-state index contributed by atoms with van der Waals surface area (Å²) in [5.41, 5.74) is 3.53. The lowest BCUT2D eigenvalue weighted by Gasteiger charge is -2.15. The smallest absolute Gasteiger partial charge is 0.343 e. The minimum absolute atomic E-state index is 0.00306. The molecule has 0 fully saturated rings. The number of esters is 1. The highest BCUT2D eigenvalue weighted by molar-refractivity contribution is 6.48. The predicted octanol–water partition coefficient (Wildman–Crippen LogP) is 4.95. The van der Waals surface area contributed by atoms with Crippen molar-refractivity contribution in [2.75, 3.05) is 5.32 Å². The average molecular weight is 461 g/mol. The monoisotopic (exact) mass is 460 g/mol. The fourth-order valence-electron chi connectivity index (χ4n) is 3.37. The van der Waals surface area contributed by atoms with E-state index in [4.69, 9.17) is 16.3 Å². The van der Waals surface area contributed by atoms with Crippen molar-refractivity contribution in [3.05, 3.63) is 106 Å². The Kier molecular flexibility index (Phi) is 6.29. The zero-order chi connectivity index (χ0) is 23.5. The summed E-state index contributed by atoms with van der Waals surface area (Å²) in [5.74, 6) is -1.05. The molecule has 0 saturated carbocycles. The van der Waals surface area contributed by atoms with E-state index < -0.39 is 17.8 Å². The first-order valence-corrected chi connectivity index (χ1v) is 10.7. The molecule has 0 spiro atoms. The summed E-state index contributed by atoms with van der Waals surface area (Å²) < 4.78 is 5.51. The van der Waals surface area contributed by atoms with Gasteiger partial charge in [0.25, 0.3) is 11.8 Å². The van der Waals surface area contributed by atoms with Crippen LogP contribution in [-0.4, -0.2) is 22.7 Å². The van der Waals surface area contributed by atoms with Gasteiger partial charge >= 0.3 is 5.97 Å². The molecule has 2 amide bonds. The van der Waals surface area contributed by atoms with Crippen molar-refractivity contribution < 1.29 is 19.1 Å². The SMILES string of the molecule is Cc1ccc(C)c(OC(=O)c2ccc(NC3=C(Cl)C(=O)N(Cc4ccccc4)C3=O)cc2)c1. The quantitative estimate of drug-likeness (QED) is 0.320. The number of rotatable bonds is 6. The lowest BCUT2D eigenvalue weighted by Crippen LogP contribution is -2.31. The van der Waals surface area contributed by atoms with Crippen LogP contribution in [0.4, 0.5) is 5.69 Å². The van der Waals surface area contributed by atoms with Crippen LogP contribution in [0.25, 0.3) is 0 Å². The Balaban J connectivity index is 1.45. The third-order valence-corrected chi connectivity index (χ3v) is 5.58. The Morgan fingerprint density at radius 3 is 2.33 bits per heavy atom. The summed E-state index contributed by atoms with van der Waals surface area (Å²) in [6.07, 6.45) is 0. The number of halogens is 1. The van der Waals surface area contributed by atoms with Gasteiger partial charge in [0, 0.05) is 5.69 Å². The molecule has 33 heavy (non-hydrogen) atoms. The van der Waals surface area contributed by atoms with Crippen LogP contribution in [0.2, 0.25) is 0 Å². The Morgan fingerprint density at radius 2 is 1.64 bits per heavy atom. The van der Waals surface area contributed by atoms with Crippen LogP contribution in [0.3, 0.4) is 0 Å². The number of hydrogen-bond donors (Lipinski definition) is 1. The Labute approximate surface area is 196 Å². The molecule has 1 heterocycles. The summed E-state index contributed by atoms with van der Waals surface area (Å²) in [6, 6.07) is 21.2. The minimum atomic E-state index is -0.554. The number of aryl methyl sites for hydroxylation is 2. The molecule has 1 N–H and O–H groups in total. The van der Waals surface area contributed by atoms with Gasteiger partial charge in [0.15, 0.2) is 0 Å². The molecule has 0 aliphatic carbocycles. The van der Waals surface area contributed by atoms with Crippen LogP contribution in [0.15, 0.2) is 83.5 Å². The van der Waals surface area contributed by atoms with Crippen LogP contribution >= 0.6 is 11.6 Å². The van der Waals surface area contributed by atoms with Gasteiger partial charge in [-0.25, -0.2) is 4.79 Å². The maximum atomic E-state index is 12.8. The van der Waals surface area contributed by atoms with Crippen molar-refractivity contribution in [1.82, 2.24) is 4.90 Å². The topological polar surface area (TPSA) is 75.7 Å². The van der Waals surface area contributed by atoms with Crippen molar-refractivity contribution in [3.63, 3.8) is 0 Å². The molecule has 166 valence electrons. The lowest BCUT2D eigenvalue weighted by atomic mass is 10.1. The van der Waals surface area contributed by atoms with Crippen LogP contribution < -0.4 is 10.1 Å². The number of carbonyl (C=O) groups excluding carboxylic acids is 3. The number of benzene rings is 3. The largest absolute Gasteiger partial charge is 0.423 e. The first-order chi connectivity index (χ1) is 15.8. The molecule has 0 radical (unpaired) electrons. The molecule has 0 aromatic heterocycles. The third-order valence-electron chi connectivity index (χ3n) is 5.23. The zero-order valence-electron chi connectivity index (χ0n) is 18.1. The van der Waals surface area contributed by atoms with E-state index in [0.717, 1.165) is 21.6 Å². The number of nitrogens with one attached hydrogen (secondary N) is 1. The van der Waals surface area contributed by atoms with Gasteiger partial charge in [-0.15, -0.1) is 0 Å². The maximum Gasteiger partial charge on any atom is 0.343 e. The minimum Gasteiger partial charge on any atom is -0.423 e. The van der Waals surface area contributed by atoms with E-state index in [1.165, 1.54) is 0 Å². The number of ether oxygens (including phenoxy) is 1. The van der Waals surface area contributed by atoms with Crippen molar-refractivity contribution in [2.45, 2.75) is 20.4 Å². The fourth-order valence-corrected chi connectivity index (χ4v) is 3.60. The van der Waals surface area contributed by atoms with Gasteiger partial charge in [-0.2, -0.15) is 0 Å². The van der Waals surface area contributed by atoms with Gasteiger partial charge in [0.1, 0.15) is 16.5 Å². The first kappa shape index (κ1) is 22.3. The molecule has 0 saturated heterocycles. The van der Waals surface area contributed by atoms with Gasteiger partial charge in [0.2, 0.25) is 0 Å². The molecule has 0 bridgehead atoms. The number of anilines is 1. The van der Waals surface area contributed by atoms with Gasteiger partial charge in [-0.1, -0.05) is 54.1 Å². The molecule has 1 aliphatic heterocycles. The molecule has 7 heteroatoms. The Hall–Kier alpha value is -3.90. The highest BCUT2D eigenvalue weighted by Gasteiger charge is 2.37. The number of imide groups is 1. The van der Waals surface area contributed by atoms with Gasteiger partial charge in [-0.05, 0) is 60.9 Å². The van der Waals surface area contributed by atoms with Gasteiger partial charge in [-0.3, -0.25) is 14.5 Å². The second-order valence-electron chi connectivity index (χ2n) is 7.73. The van der Waals surface area contributed by atoms with E-state index in [2.05, 4.69) is 5.32 Å². The summed E-state index contributed by atoms with van der Waals surface area (Å²) >= 11 is 6.16. The van der Waals surface area contributed by atoms with Crippen LogP contribution in [0.1, 0.15) is 27.0 Å². The summed E-state index contributed by atoms with van der Waals surface area (Å²) in [7, 11) is 0. The number of amides is 2. The van der Waals surface area contributed by atoms with Crippen LogP contribution in [-0.2, 0) is 16.1 Å². The molecule has 3 aromatic rings. The number of carbonyl (C=O) groups is 3. The van der Waals surface area contributed by atoms with E-state index in [0.29, 0.717) is 17.0 Å². The third kappa shape index (κ3) is 4.81. The molecule has 0 unspecified atom stereocenters. The first-order valence-electron chi connectivity index (χ1n) is 10.3. The van der Waals surface area contributed by atoms with E-state index >= 15 is 0 Å². The Morgan fingerprint density at radius 1 is 0.939 bits per heavy atom. The van der Waals surface area contributed by atoms with E-state index in [-0.39, 0.29) is 17.3 Å². The highest BCUT2D eigenvalue weighted by atomic mass is 35.5. The van der Waals surface area contributed by atoms with Crippen LogP contribution in [0.5, 0.6) is 5.75 Å². The van der Waals surface area contributed by atoms with Crippen LogP contribution in [0, 0.1) is 13.8 Å². The molecule has 6 nitrogen and oxygen atoms in total. The average Bonchev–Trinajstić information content (AvgIpc) is 3.01. The second-order valence-corrected chi connectivity index (χ2v) is 8.11. The summed E-state index contributed by atoms with van der Waals surface area (Å²) in [4.78, 5) is 38.9. The second kappa shape index (κ2) is 9.30. The lowest BCUT2D eigenvalue weighted by molar-refractivity contribution is -0.138. The normalized spacial score (nSPS) is 13.5. The molecular formula is C26H21ClN2O4. The molecule has 0 atom stereocenters. The molecule has 1 aliphatic rings. The van der Waals surface area contributed by atoms with E-state index in [1.807, 2.05) is 62.4 Å². The van der Waals surface area contributed by atoms with Crippen molar-refractivity contribution in [3.8, 4) is 5.75 Å². The van der Waals surface area contributed by atoms with Crippen molar-refractivity contribution in [1.29, 1.82) is 0 Å². The summed E-state index contributed by atoms with van der Waals surface area (Å²) in [5, 5.41) is 2.73. The van der Waals surface area contributed by atoms with E-state index in [9.17, 15) is 14.4 Å².